The van der Waals surface area contributed by atoms with E-state index in [0.29, 0.717) is 39.6 Å². The summed E-state index contributed by atoms with van der Waals surface area (Å²) in [6.07, 6.45) is 1.73. The third-order valence-corrected chi connectivity index (χ3v) is 13.2. The van der Waals surface area contributed by atoms with Crippen LogP contribution in [0.2, 0.25) is 4.66 Å². The van der Waals surface area contributed by atoms with Crippen molar-refractivity contribution < 1.29 is 26.6 Å². The fraction of sp³-hybridized carbons (Fsp3) is 1.00. The summed E-state index contributed by atoms with van der Waals surface area (Å²) in [6, 6.07) is 0. The Morgan fingerprint density at radius 1 is 0.520 bits per heavy atom. The van der Waals surface area contributed by atoms with Gasteiger partial charge in [-0.1, -0.05) is 20.3 Å². The van der Waals surface area contributed by atoms with E-state index in [2.05, 4.69) is 13.8 Å². The Kier molecular flexibility index (Phi) is 12.7. The predicted octanol–water partition coefficient (Wildman–Crippen LogP) is 4.18. The molecule has 0 aliphatic carbocycles. The first-order valence-corrected chi connectivity index (χ1v) is 13.2. The molecule has 0 aliphatic rings. The zero-order valence-electron chi connectivity index (χ0n) is 17.6. The molecule has 25 heavy (non-hydrogen) atoms. The molecule has 0 saturated heterocycles. The van der Waals surface area contributed by atoms with E-state index in [1.807, 2.05) is 41.5 Å². The minimum atomic E-state index is -3.13. The summed E-state index contributed by atoms with van der Waals surface area (Å²) in [7, 11) is -6.26. The molecule has 0 radical (unpaired) electrons. The maximum atomic E-state index is 6.26. The van der Waals surface area contributed by atoms with Crippen LogP contribution in [0.15, 0.2) is 0 Å². The Balaban J connectivity index is 6.43. The lowest BCUT2D eigenvalue weighted by molar-refractivity contribution is 0.0116. The third-order valence-electron chi connectivity index (χ3n) is 4.11. The van der Waals surface area contributed by atoms with Crippen molar-refractivity contribution in [3.05, 3.63) is 0 Å². The van der Waals surface area contributed by atoms with E-state index in [4.69, 9.17) is 26.6 Å². The molecule has 0 fully saturated rings. The van der Waals surface area contributed by atoms with E-state index >= 15 is 0 Å². The number of rotatable bonds is 16. The third kappa shape index (κ3) is 5.58. The minimum absolute atomic E-state index is 0.514. The van der Waals surface area contributed by atoms with E-state index in [9.17, 15) is 0 Å². The summed E-state index contributed by atoms with van der Waals surface area (Å²) < 4.78 is 37.0. The summed E-state index contributed by atoms with van der Waals surface area (Å²) in [5.41, 5.74) is 0. The molecule has 0 heterocycles. The van der Waals surface area contributed by atoms with Gasteiger partial charge < -0.3 is 26.6 Å². The van der Waals surface area contributed by atoms with Gasteiger partial charge >= 0.3 is 17.6 Å². The molecule has 0 aromatic heterocycles. The Morgan fingerprint density at radius 3 is 0.920 bits per heavy atom. The number of hydrogen-bond donors (Lipinski definition) is 0. The molecule has 8 heteroatoms. The summed E-state index contributed by atoms with van der Waals surface area (Å²) in [4.78, 5) is 0. The molecular formula is C17H40O6Si2. The maximum Gasteiger partial charge on any atom is 0.511 e. The van der Waals surface area contributed by atoms with Gasteiger partial charge in [0.1, 0.15) is 4.66 Å². The summed E-state index contributed by atoms with van der Waals surface area (Å²) in [6.45, 7) is 19.2. The molecule has 0 amide bonds. The molecule has 0 spiro atoms. The molecule has 0 atom stereocenters. The van der Waals surface area contributed by atoms with E-state index in [1.165, 1.54) is 0 Å². The maximum absolute atomic E-state index is 6.26. The second kappa shape index (κ2) is 12.6. The predicted molar refractivity (Wildman–Crippen MR) is 105 cm³/mol. The van der Waals surface area contributed by atoms with Crippen molar-refractivity contribution in [2.45, 2.75) is 72.9 Å². The van der Waals surface area contributed by atoms with Crippen molar-refractivity contribution in [3.8, 4) is 0 Å². The average molecular weight is 397 g/mol. The van der Waals surface area contributed by atoms with E-state index in [0.717, 1.165) is 12.8 Å². The first kappa shape index (κ1) is 25.2. The van der Waals surface area contributed by atoms with Crippen molar-refractivity contribution in [2.75, 3.05) is 39.6 Å². The van der Waals surface area contributed by atoms with Crippen molar-refractivity contribution in [3.63, 3.8) is 0 Å². The minimum Gasteiger partial charge on any atom is -0.373 e. The van der Waals surface area contributed by atoms with Crippen molar-refractivity contribution >= 4 is 17.6 Å². The molecular weight excluding hydrogens is 356 g/mol. The zero-order valence-corrected chi connectivity index (χ0v) is 19.6. The lowest BCUT2D eigenvalue weighted by atomic mass is 10.2. The molecule has 0 saturated carbocycles. The molecule has 0 aromatic carbocycles. The number of hydrogen-bond acceptors (Lipinski definition) is 6. The summed E-state index contributed by atoms with van der Waals surface area (Å²) in [5, 5.41) is 0. The lowest BCUT2D eigenvalue weighted by Crippen LogP contribution is -2.70. The Hall–Kier alpha value is 0.194. The van der Waals surface area contributed by atoms with Gasteiger partial charge in [0.25, 0.3) is 0 Å². The molecule has 0 aliphatic heterocycles. The Bertz CT molecular complexity index is 283. The van der Waals surface area contributed by atoms with E-state index < -0.39 is 22.3 Å². The van der Waals surface area contributed by atoms with Crippen LogP contribution in [0.5, 0.6) is 0 Å². The van der Waals surface area contributed by atoms with Gasteiger partial charge in [0.05, 0.1) is 0 Å². The highest BCUT2D eigenvalue weighted by Crippen LogP contribution is 2.52. The van der Waals surface area contributed by atoms with Crippen molar-refractivity contribution in [1.82, 2.24) is 0 Å². The molecule has 0 rings (SSSR count). The standard InChI is InChI=1S/C17H40O6Si2/c1-9-16-17(8,24(18-10-2,19-11-3)20-12-4)25(21-13-5,22-14-6)23-15-7/h9-16H2,1-8H3. The van der Waals surface area contributed by atoms with E-state index in [1.54, 1.807) is 0 Å². The Morgan fingerprint density at radius 2 is 0.760 bits per heavy atom. The van der Waals surface area contributed by atoms with E-state index in [-0.39, 0.29) is 0 Å². The van der Waals surface area contributed by atoms with Crippen LogP contribution in [0, 0.1) is 0 Å². The largest absolute Gasteiger partial charge is 0.511 e. The smallest absolute Gasteiger partial charge is 0.373 e. The second-order valence-electron chi connectivity index (χ2n) is 5.79. The van der Waals surface area contributed by atoms with Gasteiger partial charge in [-0.25, -0.2) is 0 Å². The van der Waals surface area contributed by atoms with Gasteiger partial charge in [-0.15, -0.1) is 0 Å². The van der Waals surface area contributed by atoms with Crippen LogP contribution in [0.25, 0.3) is 0 Å². The molecule has 0 aromatic rings. The summed E-state index contributed by atoms with van der Waals surface area (Å²) in [5.74, 6) is 0. The van der Waals surface area contributed by atoms with Gasteiger partial charge in [-0.05, 0) is 48.0 Å². The van der Waals surface area contributed by atoms with Crippen LogP contribution in [0.1, 0.15) is 68.2 Å². The van der Waals surface area contributed by atoms with Gasteiger partial charge in [-0.3, -0.25) is 0 Å². The highest BCUT2D eigenvalue weighted by atomic mass is 28.5. The van der Waals surface area contributed by atoms with Crippen LogP contribution in [0.3, 0.4) is 0 Å². The van der Waals surface area contributed by atoms with Crippen molar-refractivity contribution in [2.24, 2.45) is 0 Å². The molecule has 6 nitrogen and oxygen atoms in total. The SMILES string of the molecule is CCCC(C)([Si](OCC)(OCC)OCC)[Si](OCC)(OCC)OCC. The Labute approximate surface area is 157 Å². The van der Waals surface area contributed by atoms with Crippen LogP contribution < -0.4 is 0 Å². The van der Waals surface area contributed by atoms with Crippen molar-refractivity contribution in [1.29, 1.82) is 0 Å². The topological polar surface area (TPSA) is 55.4 Å². The lowest BCUT2D eigenvalue weighted by Gasteiger charge is -2.49. The second-order valence-corrected chi connectivity index (χ2v) is 12.5. The first-order valence-electron chi connectivity index (χ1n) is 9.76. The normalized spacial score (nSPS) is 13.4. The van der Waals surface area contributed by atoms with Crippen LogP contribution in [-0.2, 0) is 26.6 Å². The van der Waals surface area contributed by atoms with Gasteiger partial charge in [0.15, 0.2) is 0 Å². The van der Waals surface area contributed by atoms with Gasteiger partial charge in [0.2, 0.25) is 0 Å². The van der Waals surface area contributed by atoms with Crippen LogP contribution in [-0.4, -0.2) is 57.3 Å². The quantitative estimate of drug-likeness (QED) is 0.365. The highest BCUT2D eigenvalue weighted by Gasteiger charge is 2.74. The summed E-state index contributed by atoms with van der Waals surface area (Å²) >= 11 is 0. The van der Waals surface area contributed by atoms with Crippen LogP contribution >= 0.6 is 0 Å². The van der Waals surface area contributed by atoms with Gasteiger partial charge in [0, 0.05) is 39.6 Å². The van der Waals surface area contributed by atoms with Gasteiger partial charge in [-0.2, -0.15) is 0 Å². The zero-order chi connectivity index (χ0) is 19.4. The molecule has 152 valence electrons. The fourth-order valence-electron chi connectivity index (χ4n) is 3.34. The molecule has 0 unspecified atom stereocenters. The van der Waals surface area contributed by atoms with Crippen LogP contribution in [0.4, 0.5) is 0 Å². The average Bonchev–Trinajstić information content (AvgIpc) is 2.56. The molecule has 0 N–H and O–H groups in total. The highest BCUT2D eigenvalue weighted by molar-refractivity contribution is 6.85. The first-order chi connectivity index (χ1) is 11.9. The monoisotopic (exact) mass is 396 g/mol. The molecule has 0 bridgehead atoms. The fourth-order valence-corrected chi connectivity index (χ4v) is 11.9.